The Kier molecular flexibility index (Phi) is 4.67. The minimum atomic E-state index is -0.828. The maximum absolute atomic E-state index is 14.1. The van der Waals surface area contributed by atoms with Gasteiger partial charge in [0.25, 0.3) is 5.56 Å². The summed E-state index contributed by atoms with van der Waals surface area (Å²) >= 11 is 0. The molecule has 0 spiro atoms. The highest BCUT2D eigenvalue weighted by molar-refractivity contribution is 5.77. The number of benzene rings is 1. The molecule has 0 bridgehead atoms. The number of carbonyl (C=O) groups is 1. The lowest BCUT2D eigenvalue weighted by atomic mass is 10.0. The Hall–Kier alpha value is -2.54. The molecule has 1 N–H and O–H groups in total. The van der Waals surface area contributed by atoms with Gasteiger partial charge in [-0.15, -0.1) is 0 Å². The molecule has 1 aliphatic heterocycles. The van der Waals surface area contributed by atoms with Gasteiger partial charge in [-0.25, -0.2) is 8.78 Å². The van der Waals surface area contributed by atoms with Gasteiger partial charge in [-0.05, 0) is 37.6 Å². The third-order valence-corrected chi connectivity index (χ3v) is 4.43. The molecular weight excluding hydrogens is 330 g/mol. The van der Waals surface area contributed by atoms with Crippen molar-refractivity contribution in [3.8, 4) is 0 Å². The first-order valence-corrected chi connectivity index (χ1v) is 7.95. The second-order valence-electron chi connectivity index (χ2n) is 6.24. The number of halogens is 2. The van der Waals surface area contributed by atoms with E-state index in [0.717, 1.165) is 18.2 Å². The molecule has 1 aromatic carbocycles. The van der Waals surface area contributed by atoms with Gasteiger partial charge >= 0.3 is 0 Å². The number of aliphatic hydroxyl groups is 1. The second kappa shape index (κ2) is 6.76. The molecule has 3 rings (SSSR count). The van der Waals surface area contributed by atoms with Gasteiger partial charge in [0.1, 0.15) is 18.2 Å². The van der Waals surface area contributed by atoms with Gasteiger partial charge in [0.2, 0.25) is 5.91 Å². The standard InChI is InChI=1S/C18H18F2N2O3/c1-11-3-2-6-21(18(11)25)10-17(24)22-9-13(23)8-16(22)14-7-12(19)4-5-15(14)20/h2-7,13,16,23H,8-10H2,1H3/t13-,16-/m0/s1. The molecule has 132 valence electrons. The van der Waals surface area contributed by atoms with Gasteiger partial charge in [0.05, 0.1) is 12.1 Å². The van der Waals surface area contributed by atoms with Crippen LogP contribution < -0.4 is 5.56 Å². The molecule has 0 saturated carbocycles. The molecule has 1 aliphatic rings. The molecule has 2 heterocycles. The number of likely N-dealkylation sites (tertiary alicyclic amines) is 1. The fourth-order valence-electron chi connectivity index (χ4n) is 3.17. The minimum Gasteiger partial charge on any atom is -0.391 e. The van der Waals surface area contributed by atoms with Crippen LogP contribution in [-0.4, -0.2) is 33.1 Å². The van der Waals surface area contributed by atoms with E-state index < -0.39 is 29.7 Å². The van der Waals surface area contributed by atoms with E-state index in [4.69, 9.17) is 0 Å². The van der Waals surface area contributed by atoms with Crippen LogP contribution in [0.15, 0.2) is 41.3 Å². The number of pyridine rings is 1. The van der Waals surface area contributed by atoms with Crippen LogP contribution in [-0.2, 0) is 11.3 Å². The highest BCUT2D eigenvalue weighted by atomic mass is 19.1. The van der Waals surface area contributed by atoms with Crippen LogP contribution in [0.5, 0.6) is 0 Å². The zero-order chi connectivity index (χ0) is 18.1. The highest BCUT2D eigenvalue weighted by Crippen LogP contribution is 2.34. The van der Waals surface area contributed by atoms with E-state index in [1.807, 2.05) is 0 Å². The van der Waals surface area contributed by atoms with E-state index in [1.165, 1.54) is 15.7 Å². The number of hydrogen-bond donors (Lipinski definition) is 1. The lowest BCUT2D eigenvalue weighted by molar-refractivity contribution is -0.133. The number of hydrogen-bond acceptors (Lipinski definition) is 3. The van der Waals surface area contributed by atoms with E-state index >= 15 is 0 Å². The molecule has 5 nitrogen and oxygen atoms in total. The summed E-state index contributed by atoms with van der Waals surface area (Å²) in [6.45, 7) is 1.44. The topological polar surface area (TPSA) is 62.5 Å². The number of aromatic nitrogens is 1. The van der Waals surface area contributed by atoms with E-state index in [0.29, 0.717) is 5.56 Å². The molecule has 0 radical (unpaired) electrons. The van der Waals surface area contributed by atoms with Gasteiger partial charge in [0.15, 0.2) is 0 Å². The van der Waals surface area contributed by atoms with Gasteiger partial charge < -0.3 is 14.6 Å². The summed E-state index contributed by atoms with van der Waals surface area (Å²) in [5, 5.41) is 9.93. The number of aryl methyl sites for hydroxylation is 1. The average Bonchev–Trinajstić information content (AvgIpc) is 2.96. The van der Waals surface area contributed by atoms with Crippen LogP contribution >= 0.6 is 0 Å². The van der Waals surface area contributed by atoms with Gasteiger partial charge in [-0.3, -0.25) is 9.59 Å². The minimum absolute atomic E-state index is 0.0139. The van der Waals surface area contributed by atoms with Crippen molar-refractivity contribution < 1.29 is 18.7 Å². The lowest BCUT2D eigenvalue weighted by Gasteiger charge is -2.25. The summed E-state index contributed by atoms with van der Waals surface area (Å²) in [5.41, 5.74) is 0.245. The quantitative estimate of drug-likeness (QED) is 0.920. The maximum Gasteiger partial charge on any atom is 0.253 e. The fraction of sp³-hybridized carbons (Fsp3) is 0.333. The highest BCUT2D eigenvalue weighted by Gasteiger charge is 2.36. The van der Waals surface area contributed by atoms with E-state index in [2.05, 4.69) is 0 Å². The normalized spacial score (nSPS) is 20.1. The summed E-state index contributed by atoms with van der Waals surface area (Å²) in [7, 11) is 0. The van der Waals surface area contributed by atoms with Crippen molar-refractivity contribution in [2.45, 2.75) is 32.0 Å². The number of carbonyl (C=O) groups excluding carboxylic acids is 1. The predicted molar refractivity (Wildman–Crippen MR) is 86.9 cm³/mol. The Balaban J connectivity index is 1.89. The van der Waals surface area contributed by atoms with Crippen molar-refractivity contribution in [3.05, 3.63) is 69.6 Å². The SMILES string of the molecule is Cc1cccn(CC(=O)N2C[C@@H](O)C[C@H]2c2cc(F)ccc2F)c1=O. The number of nitrogens with zero attached hydrogens (tertiary/aromatic N) is 2. The summed E-state index contributed by atoms with van der Waals surface area (Å²) in [5.74, 6) is -1.68. The van der Waals surface area contributed by atoms with Crippen LogP contribution in [0.4, 0.5) is 8.78 Å². The van der Waals surface area contributed by atoms with Crippen LogP contribution in [0.25, 0.3) is 0 Å². The predicted octanol–water partition coefficient (Wildman–Crippen LogP) is 1.77. The lowest BCUT2D eigenvalue weighted by Crippen LogP contribution is -2.37. The van der Waals surface area contributed by atoms with Crippen LogP contribution in [0.2, 0.25) is 0 Å². The fourth-order valence-corrected chi connectivity index (χ4v) is 3.17. The third kappa shape index (κ3) is 3.46. The molecule has 1 amide bonds. The molecule has 1 saturated heterocycles. The molecule has 0 aliphatic carbocycles. The van der Waals surface area contributed by atoms with Crippen LogP contribution in [0.1, 0.15) is 23.6 Å². The Labute approximate surface area is 143 Å². The first-order chi connectivity index (χ1) is 11.9. The monoisotopic (exact) mass is 348 g/mol. The Morgan fingerprint density at radius 1 is 1.32 bits per heavy atom. The molecular formula is C18H18F2N2O3. The van der Waals surface area contributed by atoms with Crippen molar-refractivity contribution in [2.75, 3.05) is 6.54 Å². The van der Waals surface area contributed by atoms with Crippen molar-refractivity contribution in [1.29, 1.82) is 0 Å². The molecule has 1 fully saturated rings. The molecule has 2 aromatic rings. The molecule has 0 unspecified atom stereocenters. The number of amides is 1. The number of aliphatic hydroxyl groups excluding tert-OH is 1. The number of rotatable bonds is 3. The average molecular weight is 348 g/mol. The zero-order valence-corrected chi connectivity index (χ0v) is 13.7. The smallest absolute Gasteiger partial charge is 0.253 e. The Morgan fingerprint density at radius 2 is 2.08 bits per heavy atom. The molecule has 1 aromatic heterocycles. The van der Waals surface area contributed by atoms with Gasteiger partial charge in [-0.1, -0.05) is 6.07 Å². The Morgan fingerprint density at radius 3 is 2.84 bits per heavy atom. The van der Waals surface area contributed by atoms with Crippen molar-refractivity contribution >= 4 is 5.91 Å². The van der Waals surface area contributed by atoms with E-state index in [-0.39, 0.29) is 30.6 Å². The van der Waals surface area contributed by atoms with Crippen molar-refractivity contribution in [1.82, 2.24) is 9.47 Å². The number of β-amino-alcohol motifs (C(OH)–C–C–N with tert-alkyl or cyclic N) is 1. The summed E-state index contributed by atoms with van der Waals surface area (Å²) in [6.07, 6.45) is 0.789. The first kappa shape index (κ1) is 17.3. The Bertz CT molecular complexity index is 866. The first-order valence-electron chi connectivity index (χ1n) is 7.95. The largest absolute Gasteiger partial charge is 0.391 e. The van der Waals surface area contributed by atoms with Crippen LogP contribution in [0.3, 0.4) is 0 Å². The third-order valence-electron chi connectivity index (χ3n) is 4.43. The van der Waals surface area contributed by atoms with Crippen LogP contribution in [0, 0.1) is 18.6 Å². The molecule has 2 atom stereocenters. The summed E-state index contributed by atoms with van der Waals surface area (Å²) in [6, 6.07) is 5.59. The van der Waals surface area contributed by atoms with E-state index in [9.17, 15) is 23.5 Å². The maximum atomic E-state index is 14.1. The molecule has 25 heavy (non-hydrogen) atoms. The summed E-state index contributed by atoms with van der Waals surface area (Å²) in [4.78, 5) is 26.0. The summed E-state index contributed by atoms with van der Waals surface area (Å²) < 4.78 is 28.8. The second-order valence-corrected chi connectivity index (χ2v) is 6.24. The molecule has 7 heteroatoms. The van der Waals surface area contributed by atoms with E-state index in [1.54, 1.807) is 19.1 Å². The van der Waals surface area contributed by atoms with Gasteiger partial charge in [0, 0.05) is 23.9 Å². The van der Waals surface area contributed by atoms with Crippen molar-refractivity contribution in [3.63, 3.8) is 0 Å². The van der Waals surface area contributed by atoms with Gasteiger partial charge in [-0.2, -0.15) is 0 Å². The van der Waals surface area contributed by atoms with Crippen molar-refractivity contribution in [2.24, 2.45) is 0 Å². The zero-order valence-electron chi connectivity index (χ0n) is 13.7.